The topological polar surface area (TPSA) is 55.1 Å². The van der Waals surface area contributed by atoms with E-state index >= 15 is 0 Å². The Morgan fingerprint density at radius 1 is 1.14 bits per heavy atom. The van der Waals surface area contributed by atoms with Crippen molar-refractivity contribution in [3.63, 3.8) is 0 Å². The molecule has 0 saturated carbocycles. The summed E-state index contributed by atoms with van der Waals surface area (Å²) in [5.74, 6) is -0.735. The van der Waals surface area contributed by atoms with Crippen LogP contribution in [0.5, 0.6) is 0 Å². The summed E-state index contributed by atoms with van der Waals surface area (Å²) in [6.45, 7) is 6.11. The molecule has 2 aromatic carbocycles. The van der Waals surface area contributed by atoms with E-state index in [2.05, 4.69) is 5.32 Å². The van der Waals surface area contributed by atoms with Gasteiger partial charge in [0.15, 0.2) is 0 Å². The largest absolute Gasteiger partial charge is 0.397 e. The van der Waals surface area contributed by atoms with Crippen molar-refractivity contribution in [2.24, 2.45) is 0 Å². The molecule has 0 bridgehead atoms. The van der Waals surface area contributed by atoms with Crippen LogP contribution in [0.2, 0.25) is 0 Å². The first-order valence-electron chi connectivity index (χ1n) is 6.75. The summed E-state index contributed by atoms with van der Waals surface area (Å²) in [4.78, 5) is 12.5. The molecular weight excluding hydrogens is 267 g/mol. The minimum Gasteiger partial charge on any atom is -0.397 e. The molecular formula is C17H19FN2O. The molecule has 0 aliphatic carbocycles. The van der Waals surface area contributed by atoms with Crippen LogP contribution in [0.4, 0.5) is 15.8 Å². The van der Waals surface area contributed by atoms with Gasteiger partial charge in [0.05, 0.1) is 11.4 Å². The van der Waals surface area contributed by atoms with Crippen molar-refractivity contribution < 1.29 is 9.18 Å². The molecule has 0 radical (unpaired) electrons. The molecule has 21 heavy (non-hydrogen) atoms. The van der Waals surface area contributed by atoms with Gasteiger partial charge in [0.1, 0.15) is 5.82 Å². The van der Waals surface area contributed by atoms with Crippen LogP contribution in [0, 0.1) is 5.82 Å². The van der Waals surface area contributed by atoms with Gasteiger partial charge in [-0.1, -0.05) is 39.0 Å². The van der Waals surface area contributed by atoms with Gasteiger partial charge in [-0.3, -0.25) is 4.79 Å². The number of nitrogens with two attached hydrogens (primary N) is 1. The van der Waals surface area contributed by atoms with Crippen LogP contribution >= 0.6 is 0 Å². The van der Waals surface area contributed by atoms with E-state index in [9.17, 15) is 9.18 Å². The minimum absolute atomic E-state index is 0.165. The predicted molar refractivity (Wildman–Crippen MR) is 83.9 cm³/mol. The molecule has 0 saturated heterocycles. The maximum absolute atomic E-state index is 13.3. The number of benzene rings is 2. The Kier molecular flexibility index (Phi) is 3.98. The molecule has 0 spiro atoms. The fourth-order valence-corrected chi connectivity index (χ4v) is 2.16. The van der Waals surface area contributed by atoms with Crippen LogP contribution in [-0.2, 0) is 5.41 Å². The van der Waals surface area contributed by atoms with Gasteiger partial charge in [-0.15, -0.1) is 0 Å². The van der Waals surface area contributed by atoms with Gasteiger partial charge in [0, 0.05) is 5.56 Å². The highest BCUT2D eigenvalue weighted by Crippen LogP contribution is 2.27. The number of hydrogen-bond donors (Lipinski definition) is 2. The van der Waals surface area contributed by atoms with Gasteiger partial charge >= 0.3 is 0 Å². The lowest BCUT2D eigenvalue weighted by molar-refractivity contribution is 0.102. The normalized spacial score (nSPS) is 11.2. The Labute approximate surface area is 124 Å². The molecule has 0 aliphatic heterocycles. The number of nitrogen functional groups attached to an aromatic ring is 1. The van der Waals surface area contributed by atoms with Crippen LogP contribution in [0.3, 0.4) is 0 Å². The molecule has 110 valence electrons. The lowest BCUT2D eigenvalue weighted by Gasteiger charge is -2.22. The molecule has 0 fully saturated rings. The zero-order chi connectivity index (χ0) is 15.6. The molecule has 1 amide bonds. The Morgan fingerprint density at radius 2 is 1.81 bits per heavy atom. The average Bonchev–Trinajstić information content (AvgIpc) is 2.42. The van der Waals surface area contributed by atoms with E-state index in [0.29, 0.717) is 11.3 Å². The first kappa shape index (κ1) is 15.0. The van der Waals surface area contributed by atoms with E-state index in [4.69, 9.17) is 5.73 Å². The third-order valence-electron chi connectivity index (χ3n) is 3.24. The molecule has 0 unspecified atom stereocenters. The van der Waals surface area contributed by atoms with Gasteiger partial charge in [-0.25, -0.2) is 4.39 Å². The highest BCUT2D eigenvalue weighted by molar-refractivity contribution is 6.06. The molecule has 0 atom stereocenters. The molecule has 2 rings (SSSR count). The zero-order valence-corrected chi connectivity index (χ0v) is 12.4. The Balaban J connectivity index is 2.36. The van der Waals surface area contributed by atoms with E-state index in [1.165, 1.54) is 18.2 Å². The summed E-state index contributed by atoms with van der Waals surface area (Å²) in [5, 5.41) is 2.68. The molecule has 0 heterocycles. The first-order valence-corrected chi connectivity index (χ1v) is 6.75. The van der Waals surface area contributed by atoms with Crippen LogP contribution < -0.4 is 11.1 Å². The predicted octanol–water partition coefficient (Wildman–Crippen LogP) is 3.96. The van der Waals surface area contributed by atoms with Crippen molar-refractivity contribution >= 4 is 17.3 Å². The van der Waals surface area contributed by atoms with E-state index in [0.717, 1.165) is 5.56 Å². The summed E-state index contributed by atoms with van der Waals surface area (Å²) in [5.41, 5.74) is 7.70. The number of carbonyl (C=O) groups is 1. The number of amides is 1. The van der Waals surface area contributed by atoms with E-state index in [1.54, 1.807) is 12.1 Å². The van der Waals surface area contributed by atoms with Gasteiger partial charge in [-0.2, -0.15) is 0 Å². The number of anilines is 2. The average molecular weight is 286 g/mol. The molecule has 4 heteroatoms. The zero-order valence-electron chi connectivity index (χ0n) is 12.4. The second-order valence-electron chi connectivity index (χ2n) is 5.98. The second kappa shape index (κ2) is 5.56. The number of halogens is 1. The fraction of sp³-hybridized carbons (Fsp3) is 0.235. The van der Waals surface area contributed by atoms with Crippen LogP contribution in [-0.4, -0.2) is 5.91 Å². The molecule has 3 nitrogen and oxygen atoms in total. The quantitative estimate of drug-likeness (QED) is 0.821. The van der Waals surface area contributed by atoms with Crippen LogP contribution in [0.25, 0.3) is 0 Å². The Morgan fingerprint density at radius 3 is 2.48 bits per heavy atom. The van der Waals surface area contributed by atoms with E-state index < -0.39 is 5.82 Å². The van der Waals surface area contributed by atoms with E-state index in [1.807, 2.05) is 32.9 Å². The van der Waals surface area contributed by atoms with Crippen molar-refractivity contribution in [2.75, 3.05) is 11.1 Å². The third-order valence-corrected chi connectivity index (χ3v) is 3.24. The number of rotatable bonds is 2. The van der Waals surface area contributed by atoms with Crippen LogP contribution in [0.1, 0.15) is 36.7 Å². The second-order valence-corrected chi connectivity index (χ2v) is 5.98. The number of nitrogens with one attached hydrogen (secondary N) is 1. The van der Waals surface area contributed by atoms with Crippen molar-refractivity contribution in [3.8, 4) is 0 Å². The number of hydrogen-bond acceptors (Lipinski definition) is 2. The first-order chi connectivity index (χ1) is 9.79. The van der Waals surface area contributed by atoms with Crippen LogP contribution in [0.15, 0.2) is 42.5 Å². The fourth-order valence-electron chi connectivity index (χ4n) is 2.16. The van der Waals surface area contributed by atoms with Gasteiger partial charge < -0.3 is 11.1 Å². The third kappa shape index (κ3) is 3.40. The summed E-state index contributed by atoms with van der Waals surface area (Å²) < 4.78 is 13.3. The Hall–Kier alpha value is -2.36. The van der Waals surface area contributed by atoms with Crippen molar-refractivity contribution in [2.45, 2.75) is 26.2 Å². The summed E-state index contributed by atoms with van der Waals surface area (Å²) in [6.07, 6.45) is 0. The lowest BCUT2D eigenvalue weighted by atomic mass is 9.83. The Bertz CT molecular complexity index is 675. The summed E-state index contributed by atoms with van der Waals surface area (Å²) >= 11 is 0. The van der Waals surface area contributed by atoms with Gasteiger partial charge in [0.2, 0.25) is 0 Å². The highest BCUT2D eigenvalue weighted by atomic mass is 19.1. The summed E-state index contributed by atoms with van der Waals surface area (Å²) in [7, 11) is 0. The number of carbonyl (C=O) groups excluding carboxylic acids is 1. The molecule has 0 aromatic heterocycles. The molecule has 3 N–H and O–H groups in total. The van der Waals surface area contributed by atoms with Crippen molar-refractivity contribution in [1.82, 2.24) is 0 Å². The smallest absolute Gasteiger partial charge is 0.256 e. The lowest BCUT2D eigenvalue weighted by Crippen LogP contribution is -2.21. The van der Waals surface area contributed by atoms with Gasteiger partial charge in [0.25, 0.3) is 5.91 Å². The monoisotopic (exact) mass is 286 g/mol. The summed E-state index contributed by atoms with van der Waals surface area (Å²) in [6, 6.07) is 11.3. The standard InChI is InChI=1S/C17H19FN2O/c1-17(2,3)13-7-5-4-6-12(13)16(21)20-15-10-11(18)8-9-14(15)19/h4-10H,19H2,1-3H3,(H,20,21). The highest BCUT2D eigenvalue weighted by Gasteiger charge is 2.21. The molecule has 2 aromatic rings. The van der Waals surface area contributed by atoms with Crippen molar-refractivity contribution in [1.29, 1.82) is 0 Å². The maximum Gasteiger partial charge on any atom is 0.256 e. The van der Waals surface area contributed by atoms with Crippen molar-refractivity contribution in [3.05, 3.63) is 59.4 Å². The van der Waals surface area contributed by atoms with E-state index in [-0.39, 0.29) is 17.0 Å². The minimum atomic E-state index is -0.441. The maximum atomic E-state index is 13.3. The SMILES string of the molecule is CC(C)(C)c1ccccc1C(=O)Nc1cc(F)ccc1N. The van der Waals surface area contributed by atoms with Gasteiger partial charge in [-0.05, 0) is 35.2 Å². The molecule has 0 aliphatic rings.